The van der Waals surface area contributed by atoms with Crippen LogP contribution in [0.3, 0.4) is 0 Å². The second-order valence-corrected chi connectivity index (χ2v) is 4.34. The highest BCUT2D eigenvalue weighted by atomic mass is 16.4. The standard InChI is InChI=1S/C13H17NO4/c1-8(2)9-3-5-10(6-4-9)12(16)14-7-11(15)13(17)18/h3-6,8,11,15H,7H2,1-2H3,(H,14,16)(H,17,18)/t11-/m0/s1. The summed E-state index contributed by atoms with van der Waals surface area (Å²) in [5, 5.41) is 19.8. The van der Waals surface area contributed by atoms with Gasteiger partial charge in [0, 0.05) is 5.56 Å². The number of hydrogen-bond acceptors (Lipinski definition) is 3. The van der Waals surface area contributed by atoms with Crippen LogP contribution in [0, 0.1) is 0 Å². The van der Waals surface area contributed by atoms with Crippen molar-refractivity contribution in [2.45, 2.75) is 25.9 Å². The van der Waals surface area contributed by atoms with Gasteiger partial charge in [-0.25, -0.2) is 4.79 Å². The van der Waals surface area contributed by atoms with Crippen LogP contribution in [0.1, 0.15) is 35.7 Å². The molecular weight excluding hydrogens is 234 g/mol. The first kappa shape index (κ1) is 14.2. The van der Waals surface area contributed by atoms with Gasteiger partial charge in [-0.2, -0.15) is 0 Å². The zero-order valence-electron chi connectivity index (χ0n) is 10.4. The fraction of sp³-hybridized carbons (Fsp3) is 0.385. The molecule has 1 rings (SSSR count). The number of aliphatic hydroxyl groups excluding tert-OH is 1. The van der Waals surface area contributed by atoms with Crippen LogP contribution in [-0.2, 0) is 4.79 Å². The van der Waals surface area contributed by atoms with Crippen LogP contribution in [0.4, 0.5) is 0 Å². The Bertz CT molecular complexity index is 425. The maximum Gasteiger partial charge on any atom is 0.334 e. The number of aliphatic hydroxyl groups is 1. The molecule has 0 heterocycles. The number of carbonyl (C=O) groups is 2. The lowest BCUT2D eigenvalue weighted by Crippen LogP contribution is -2.36. The van der Waals surface area contributed by atoms with Gasteiger partial charge in [-0.3, -0.25) is 4.79 Å². The van der Waals surface area contributed by atoms with Crippen molar-refractivity contribution in [1.82, 2.24) is 5.32 Å². The number of rotatable bonds is 5. The lowest BCUT2D eigenvalue weighted by Gasteiger charge is -2.09. The molecule has 1 aromatic rings. The monoisotopic (exact) mass is 251 g/mol. The third kappa shape index (κ3) is 3.85. The molecule has 0 saturated heterocycles. The van der Waals surface area contributed by atoms with E-state index in [0.717, 1.165) is 5.56 Å². The molecule has 1 amide bonds. The lowest BCUT2D eigenvalue weighted by molar-refractivity contribution is -0.146. The van der Waals surface area contributed by atoms with E-state index in [9.17, 15) is 9.59 Å². The topological polar surface area (TPSA) is 86.6 Å². The van der Waals surface area contributed by atoms with Crippen LogP contribution in [0.5, 0.6) is 0 Å². The van der Waals surface area contributed by atoms with Crippen molar-refractivity contribution in [3.63, 3.8) is 0 Å². The zero-order valence-corrected chi connectivity index (χ0v) is 10.4. The van der Waals surface area contributed by atoms with E-state index in [1.165, 1.54) is 0 Å². The minimum atomic E-state index is -1.58. The van der Waals surface area contributed by atoms with Gasteiger partial charge in [0.05, 0.1) is 6.54 Å². The Balaban J connectivity index is 2.59. The maximum atomic E-state index is 11.6. The molecule has 0 aromatic heterocycles. The predicted octanol–water partition coefficient (Wildman–Crippen LogP) is 0.985. The van der Waals surface area contributed by atoms with Gasteiger partial charge in [-0.15, -0.1) is 0 Å². The van der Waals surface area contributed by atoms with E-state index in [4.69, 9.17) is 10.2 Å². The average molecular weight is 251 g/mol. The van der Waals surface area contributed by atoms with E-state index in [-0.39, 0.29) is 6.54 Å². The molecule has 98 valence electrons. The number of benzene rings is 1. The molecule has 0 saturated carbocycles. The van der Waals surface area contributed by atoms with Crippen LogP contribution in [0.25, 0.3) is 0 Å². The number of nitrogens with one attached hydrogen (secondary N) is 1. The van der Waals surface area contributed by atoms with Gasteiger partial charge in [0.15, 0.2) is 6.10 Å². The summed E-state index contributed by atoms with van der Waals surface area (Å²) < 4.78 is 0. The number of carboxylic acids is 1. The molecule has 0 unspecified atom stereocenters. The van der Waals surface area contributed by atoms with Gasteiger partial charge in [-0.1, -0.05) is 26.0 Å². The fourth-order valence-electron chi connectivity index (χ4n) is 1.40. The summed E-state index contributed by atoms with van der Waals surface area (Å²) in [6.07, 6.45) is -1.58. The van der Waals surface area contributed by atoms with Gasteiger partial charge in [0.25, 0.3) is 5.91 Å². The van der Waals surface area contributed by atoms with Crippen LogP contribution >= 0.6 is 0 Å². The summed E-state index contributed by atoms with van der Waals surface area (Å²) >= 11 is 0. The Kier molecular flexibility index (Phi) is 4.85. The first-order chi connectivity index (χ1) is 8.41. The molecule has 0 aliphatic rings. The Morgan fingerprint density at radius 1 is 1.22 bits per heavy atom. The fourth-order valence-corrected chi connectivity index (χ4v) is 1.40. The molecule has 0 fully saturated rings. The summed E-state index contributed by atoms with van der Waals surface area (Å²) in [7, 11) is 0. The van der Waals surface area contributed by atoms with Gasteiger partial charge in [-0.05, 0) is 23.6 Å². The molecule has 5 nitrogen and oxygen atoms in total. The van der Waals surface area contributed by atoms with Crippen molar-refractivity contribution in [2.75, 3.05) is 6.54 Å². The van der Waals surface area contributed by atoms with Crippen LogP contribution in [0.15, 0.2) is 24.3 Å². The lowest BCUT2D eigenvalue weighted by atomic mass is 10.0. The molecule has 0 spiro atoms. The summed E-state index contributed by atoms with van der Waals surface area (Å²) in [6, 6.07) is 7.07. The smallest absolute Gasteiger partial charge is 0.334 e. The third-order valence-electron chi connectivity index (χ3n) is 2.58. The van der Waals surface area contributed by atoms with Gasteiger partial charge >= 0.3 is 5.97 Å². The van der Waals surface area contributed by atoms with Crippen molar-refractivity contribution in [3.05, 3.63) is 35.4 Å². The van der Waals surface area contributed by atoms with Crippen molar-refractivity contribution in [1.29, 1.82) is 0 Å². The highest BCUT2D eigenvalue weighted by Gasteiger charge is 2.14. The first-order valence-corrected chi connectivity index (χ1v) is 5.71. The van der Waals surface area contributed by atoms with Crippen LogP contribution in [-0.4, -0.2) is 34.7 Å². The second kappa shape index (κ2) is 6.16. The van der Waals surface area contributed by atoms with E-state index >= 15 is 0 Å². The summed E-state index contributed by atoms with van der Waals surface area (Å²) in [5.74, 6) is -1.37. The molecule has 1 atom stereocenters. The minimum absolute atomic E-state index is 0.305. The maximum absolute atomic E-state index is 11.6. The molecule has 0 aliphatic heterocycles. The number of amides is 1. The molecule has 18 heavy (non-hydrogen) atoms. The first-order valence-electron chi connectivity index (χ1n) is 5.71. The van der Waals surface area contributed by atoms with Crippen molar-refractivity contribution < 1.29 is 19.8 Å². The van der Waals surface area contributed by atoms with Crippen LogP contribution in [0.2, 0.25) is 0 Å². The Morgan fingerprint density at radius 2 is 1.78 bits per heavy atom. The predicted molar refractivity (Wildman–Crippen MR) is 66.5 cm³/mol. The molecule has 0 bridgehead atoms. The average Bonchev–Trinajstić information content (AvgIpc) is 2.35. The van der Waals surface area contributed by atoms with E-state index in [2.05, 4.69) is 19.2 Å². The van der Waals surface area contributed by atoms with Gasteiger partial charge in [0.1, 0.15) is 0 Å². The SMILES string of the molecule is CC(C)c1ccc(C(=O)NC[C@H](O)C(=O)O)cc1. The quantitative estimate of drug-likeness (QED) is 0.728. The molecule has 3 N–H and O–H groups in total. The Labute approximate surface area is 105 Å². The Hall–Kier alpha value is -1.88. The number of hydrogen-bond donors (Lipinski definition) is 3. The molecule has 5 heteroatoms. The summed E-state index contributed by atoms with van der Waals surface area (Å²) in [4.78, 5) is 22.0. The highest BCUT2D eigenvalue weighted by molar-refractivity contribution is 5.94. The molecule has 0 radical (unpaired) electrons. The Morgan fingerprint density at radius 3 is 2.22 bits per heavy atom. The van der Waals surface area contributed by atoms with Crippen molar-refractivity contribution >= 4 is 11.9 Å². The van der Waals surface area contributed by atoms with Gasteiger partial charge in [0.2, 0.25) is 0 Å². The number of carboxylic acid groups (broad SMARTS) is 1. The molecule has 1 aromatic carbocycles. The summed E-state index contributed by atoms with van der Waals surface area (Å²) in [6.45, 7) is 3.80. The highest BCUT2D eigenvalue weighted by Crippen LogP contribution is 2.14. The minimum Gasteiger partial charge on any atom is -0.479 e. The molecule has 0 aliphatic carbocycles. The van der Waals surface area contributed by atoms with E-state index in [0.29, 0.717) is 11.5 Å². The normalized spacial score (nSPS) is 12.2. The van der Waals surface area contributed by atoms with E-state index < -0.39 is 18.0 Å². The third-order valence-corrected chi connectivity index (χ3v) is 2.58. The van der Waals surface area contributed by atoms with E-state index in [1.807, 2.05) is 12.1 Å². The van der Waals surface area contributed by atoms with Crippen molar-refractivity contribution in [3.8, 4) is 0 Å². The summed E-state index contributed by atoms with van der Waals surface area (Å²) in [5.41, 5.74) is 1.56. The van der Waals surface area contributed by atoms with Crippen molar-refractivity contribution in [2.24, 2.45) is 0 Å². The second-order valence-electron chi connectivity index (χ2n) is 4.34. The number of aliphatic carboxylic acids is 1. The zero-order chi connectivity index (χ0) is 13.7. The van der Waals surface area contributed by atoms with E-state index in [1.54, 1.807) is 12.1 Å². The molecular formula is C13H17NO4. The largest absolute Gasteiger partial charge is 0.479 e. The number of carbonyl (C=O) groups excluding carboxylic acids is 1. The van der Waals surface area contributed by atoms with Crippen LogP contribution < -0.4 is 5.32 Å². The van der Waals surface area contributed by atoms with Gasteiger partial charge < -0.3 is 15.5 Å².